The van der Waals surface area contributed by atoms with Crippen LogP contribution in [0, 0.1) is 0 Å². The van der Waals surface area contributed by atoms with Crippen molar-refractivity contribution in [3.05, 3.63) is 82.4 Å². The normalized spacial score (nSPS) is 23.1. The van der Waals surface area contributed by atoms with Crippen LogP contribution in [0.5, 0.6) is 0 Å². The molecule has 114 valence electrons. The number of carbonyl (C=O) groups excluding carboxylic acids is 1. The van der Waals surface area contributed by atoms with Crippen molar-refractivity contribution in [2.24, 2.45) is 0 Å². The second-order valence-electron chi connectivity index (χ2n) is 6.36. The Bertz CT molecular complexity index is 875. The molecule has 2 atom stereocenters. The average molecular weight is 302 g/mol. The van der Waals surface area contributed by atoms with Crippen LogP contribution < -0.4 is 0 Å². The fourth-order valence-electron chi connectivity index (χ4n) is 3.83. The van der Waals surface area contributed by atoms with Gasteiger partial charge in [0.2, 0.25) is 0 Å². The van der Waals surface area contributed by atoms with Crippen LogP contribution in [-0.2, 0) is 15.1 Å². The second kappa shape index (κ2) is 4.69. The summed E-state index contributed by atoms with van der Waals surface area (Å²) in [5, 5.41) is 0. The number of benzene rings is 2. The van der Waals surface area contributed by atoms with Crippen molar-refractivity contribution in [3.8, 4) is 0 Å². The summed E-state index contributed by atoms with van der Waals surface area (Å²) in [6, 6.07) is 14.4. The van der Waals surface area contributed by atoms with Crippen molar-refractivity contribution in [2.45, 2.75) is 25.4 Å². The van der Waals surface area contributed by atoms with Gasteiger partial charge in [0.1, 0.15) is 0 Å². The van der Waals surface area contributed by atoms with E-state index >= 15 is 0 Å². The van der Waals surface area contributed by atoms with Crippen molar-refractivity contribution in [1.29, 1.82) is 0 Å². The van der Waals surface area contributed by atoms with E-state index < -0.39 is 5.60 Å². The minimum absolute atomic E-state index is 0.113. The molecule has 0 bridgehead atoms. The minimum atomic E-state index is -0.720. The Morgan fingerprint density at radius 1 is 1.09 bits per heavy atom. The van der Waals surface area contributed by atoms with Gasteiger partial charge in [-0.3, -0.25) is 0 Å². The van der Waals surface area contributed by atoms with Crippen LogP contribution in [-0.4, -0.2) is 5.97 Å². The molecule has 0 saturated carbocycles. The molecular formula is C21H18O2. The van der Waals surface area contributed by atoms with Gasteiger partial charge in [-0.25, -0.2) is 4.79 Å². The Labute approximate surface area is 136 Å². The molecule has 2 unspecified atom stereocenters. The Morgan fingerprint density at radius 3 is 2.57 bits per heavy atom. The molecule has 0 radical (unpaired) electrons. The molecule has 0 aliphatic heterocycles. The molecule has 0 heterocycles. The van der Waals surface area contributed by atoms with Crippen molar-refractivity contribution >= 4 is 18.1 Å². The first-order valence-electron chi connectivity index (χ1n) is 7.85. The molecular weight excluding hydrogens is 284 g/mol. The van der Waals surface area contributed by atoms with Gasteiger partial charge in [0.15, 0.2) is 5.60 Å². The highest BCUT2D eigenvalue weighted by atomic mass is 16.6. The van der Waals surface area contributed by atoms with Crippen molar-refractivity contribution < 1.29 is 9.53 Å². The predicted molar refractivity (Wildman–Crippen MR) is 91.9 cm³/mol. The number of ether oxygens (including phenoxy) is 1. The first-order valence-corrected chi connectivity index (χ1v) is 7.85. The highest BCUT2D eigenvalue weighted by Gasteiger charge is 2.56. The van der Waals surface area contributed by atoms with Gasteiger partial charge in [0, 0.05) is 22.6 Å². The van der Waals surface area contributed by atoms with E-state index in [0.717, 1.165) is 22.3 Å². The summed E-state index contributed by atoms with van der Waals surface area (Å²) < 4.78 is 6.08. The molecule has 0 amide bonds. The van der Waals surface area contributed by atoms with E-state index in [2.05, 4.69) is 56.0 Å². The number of rotatable bonds is 2. The molecule has 0 N–H and O–H groups in total. The number of fused-ring (bicyclic) bond motifs is 2. The zero-order chi connectivity index (χ0) is 16.2. The van der Waals surface area contributed by atoms with E-state index in [0.29, 0.717) is 5.57 Å². The zero-order valence-electron chi connectivity index (χ0n) is 13.3. The van der Waals surface area contributed by atoms with Crippen LogP contribution in [0.3, 0.4) is 0 Å². The zero-order valence-corrected chi connectivity index (χ0v) is 13.3. The third-order valence-electron chi connectivity index (χ3n) is 4.98. The summed E-state index contributed by atoms with van der Waals surface area (Å²) >= 11 is 0. The van der Waals surface area contributed by atoms with Gasteiger partial charge in [-0.15, -0.1) is 0 Å². The molecule has 0 spiro atoms. The van der Waals surface area contributed by atoms with Gasteiger partial charge in [-0.1, -0.05) is 68.1 Å². The van der Waals surface area contributed by atoms with Gasteiger partial charge < -0.3 is 4.74 Å². The Balaban J connectivity index is 2.02. The van der Waals surface area contributed by atoms with E-state index in [1.807, 2.05) is 12.1 Å². The van der Waals surface area contributed by atoms with Crippen LogP contribution >= 0.6 is 0 Å². The monoisotopic (exact) mass is 302 g/mol. The summed E-state index contributed by atoms with van der Waals surface area (Å²) in [6.45, 7) is 7.56. The lowest BCUT2D eigenvalue weighted by Crippen LogP contribution is -2.48. The standard InChI is InChI=1S/C21H18O2/c1-13(2)20(22)23-21-14(3)17-9-6-8-16(19(17)21)12-11-15-7-4-5-10-18(15)21/h4-12,14H,1H2,2-3H3. The molecule has 2 aromatic carbocycles. The lowest BCUT2D eigenvalue weighted by atomic mass is 9.60. The molecule has 2 nitrogen and oxygen atoms in total. The number of hydrogen-bond donors (Lipinski definition) is 0. The van der Waals surface area contributed by atoms with Crippen LogP contribution in [0.25, 0.3) is 12.2 Å². The van der Waals surface area contributed by atoms with Crippen molar-refractivity contribution in [2.75, 3.05) is 0 Å². The third kappa shape index (κ3) is 1.72. The van der Waals surface area contributed by atoms with Crippen molar-refractivity contribution in [1.82, 2.24) is 0 Å². The van der Waals surface area contributed by atoms with Gasteiger partial charge >= 0.3 is 5.97 Å². The Morgan fingerprint density at radius 2 is 1.78 bits per heavy atom. The lowest BCUT2D eigenvalue weighted by molar-refractivity contribution is -0.156. The minimum Gasteiger partial charge on any atom is -0.445 e. The Kier molecular flexibility index (Phi) is 2.86. The molecule has 0 aromatic heterocycles. The number of hydrogen-bond acceptors (Lipinski definition) is 2. The van der Waals surface area contributed by atoms with Crippen LogP contribution in [0.2, 0.25) is 0 Å². The quantitative estimate of drug-likeness (QED) is 0.596. The molecule has 2 heteroatoms. The molecule has 0 fully saturated rings. The van der Waals surface area contributed by atoms with E-state index in [1.54, 1.807) is 6.92 Å². The molecule has 2 aliphatic rings. The van der Waals surface area contributed by atoms with E-state index in [4.69, 9.17) is 4.74 Å². The maximum Gasteiger partial charge on any atom is 0.334 e. The second-order valence-corrected chi connectivity index (χ2v) is 6.36. The lowest BCUT2D eigenvalue weighted by Gasteiger charge is -2.50. The SMILES string of the molecule is C=C(C)C(=O)OC12c3ccccc3C=Cc3cccc(c31)C2C. The molecule has 2 aromatic rings. The fourth-order valence-corrected chi connectivity index (χ4v) is 3.83. The summed E-state index contributed by atoms with van der Waals surface area (Å²) in [5.74, 6) is -0.226. The summed E-state index contributed by atoms with van der Waals surface area (Å²) in [6.07, 6.45) is 4.21. The number of carbonyl (C=O) groups is 1. The first kappa shape index (κ1) is 14.0. The smallest absolute Gasteiger partial charge is 0.334 e. The predicted octanol–water partition coefficient (Wildman–Crippen LogP) is 4.65. The average Bonchev–Trinajstić information content (AvgIpc) is 2.70. The van der Waals surface area contributed by atoms with Crippen molar-refractivity contribution in [3.63, 3.8) is 0 Å². The molecule has 2 aliphatic carbocycles. The van der Waals surface area contributed by atoms with E-state index in [9.17, 15) is 4.79 Å². The highest BCUT2D eigenvalue weighted by molar-refractivity contribution is 5.89. The molecule has 23 heavy (non-hydrogen) atoms. The summed E-state index contributed by atoms with van der Waals surface area (Å²) in [5.41, 5.74) is 5.33. The molecule has 4 rings (SSSR count). The van der Waals surface area contributed by atoms with Gasteiger partial charge in [0.05, 0.1) is 0 Å². The van der Waals surface area contributed by atoms with E-state index in [-0.39, 0.29) is 11.9 Å². The Hall–Kier alpha value is -2.61. The van der Waals surface area contributed by atoms with Crippen LogP contribution in [0.1, 0.15) is 47.6 Å². The van der Waals surface area contributed by atoms with Gasteiger partial charge in [0.25, 0.3) is 0 Å². The summed E-state index contributed by atoms with van der Waals surface area (Å²) in [4.78, 5) is 12.4. The molecule has 0 saturated heterocycles. The first-order chi connectivity index (χ1) is 11.1. The number of esters is 1. The third-order valence-corrected chi connectivity index (χ3v) is 4.98. The summed E-state index contributed by atoms with van der Waals surface area (Å²) in [7, 11) is 0. The van der Waals surface area contributed by atoms with E-state index in [1.165, 1.54) is 5.56 Å². The van der Waals surface area contributed by atoms with Crippen LogP contribution in [0.15, 0.2) is 54.6 Å². The van der Waals surface area contributed by atoms with Gasteiger partial charge in [-0.05, 0) is 23.6 Å². The fraction of sp³-hybridized carbons (Fsp3) is 0.190. The maximum absolute atomic E-state index is 12.4. The van der Waals surface area contributed by atoms with Gasteiger partial charge in [-0.2, -0.15) is 0 Å². The maximum atomic E-state index is 12.4. The largest absolute Gasteiger partial charge is 0.445 e. The highest BCUT2D eigenvalue weighted by Crippen LogP contribution is 2.59. The van der Waals surface area contributed by atoms with Crippen LogP contribution in [0.4, 0.5) is 0 Å². The topological polar surface area (TPSA) is 26.3 Å².